The predicted octanol–water partition coefficient (Wildman–Crippen LogP) is 0.829. The topological polar surface area (TPSA) is 50.7 Å². The Morgan fingerprint density at radius 3 is 2.25 bits per heavy atom. The van der Waals surface area contributed by atoms with Gasteiger partial charge in [0.05, 0.1) is 0 Å². The first-order chi connectivity index (χ1) is 3.70. The van der Waals surface area contributed by atoms with Gasteiger partial charge < -0.3 is 5.73 Å². The normalized spacial score (nSPS) is 27.5. The maximum atomic E-state index is 5.31. The summed E-state index contributed by atoms with van der Waals surface area (Å²) >= 11 is 6.24. The van der Waals surface area contributed by atoms with Gasteiger partial charge in [-0.1, -0.05) is 0 Å². The summed E-state index contributed by atoms with van der Waals surface area (Å²) in [5, 5.41) is -0.183. The third-order valence-corrected chi connectivity index (χ3v) is 1.70. The summed E-state index contributed by atoms with van der Waals surface area (Å²) in [5.41, 5.74) is 5.31. The molecule has 0 saturated heterocycles. The number of halogens is 2. The Morgan fingerprint density at radius 2 is 2.12 bits per heavy atom. The van der Waals surface area contributed by atoms with Gasteiger partial charge in [-0.2, -0.15) is 0 Å². The van der Waals surface area contributed by atoms with Crippen LogP contribution in [0.3, 0.4) is 0 Å². The molecule has 3 nitrogen and oxygen atoms in total. The van der Waals surface area contributed by atoms with Gasteiger partial charge in [0.25, 0.3) is 0 Å². The lowest BCUT2D eigenvalue weighted by atomic mass is 10.7. The van der Waals surface area contributed by atoms with Crippen molar-refractivity contribution in [3.8, 4) is 0 Å². The van der Waals surface area contributed by atoms with Gasteiger partial charge >= 0.3 is 0 Å². The van der Waals surface area contributed by atoms with Gasteiger partial charge in [0.2, 0.25) is 0 Å². The molecule has 0 aliphatic carbocycles. The Balaban J connectivity index is 2.82. The van der Waals surface area contributed by atoms with Crippen molar-refractivity contribution < 1.29 is 0 Å². The lowest BCUT2D eigenvalue weighted by Gasteiger charge is -1.82. The molecule has 1 aliphatic heterocycles. The van der Waals surface area contributed by atoms with Crippen LogP contribution >= 0.6 is 31.9 Å². The zero-order valence-electron chi connectivity index (χ0n) is 3.81. The molecule has 1 heterocycles. The van der Waals surface area contributed by atoms with Crippen molar-refractivity contribution in [1.29, 1.82) is 0 Å². The second-order valence-corrected chi connectivity index (χ2v) is 2.82. The summed E-state index contributed by atoms with van der Waals surface area (Å²) in [4.78, 5) is 7.72. The lowest BCUT2D eigenvalue weighted by Crippen LogP contribution is -2.15. The number of hydrogen-bond acceptors (Lipinski definition) is 3. The summed E-state index contributed by atoms with van der Waals surface area (Å²) in [5.74, 6) is 0.451. The first-order valence-corrected chi connectivity index (χ1v) is 3.62. The number of rotatable bonds is 0. The number of alkyl halides is 1. The Bertz CT molecular complexity index is 144. The highest BCUT2D eigenvalue weighted by Gasteiger charge is 2.11. The molecule has 0 unspecified atom stereocenters. The zero-order valence-corrected chi connectivity index (χ0v) is 6.98. The molecule has 0 amide bonds. The molecule has 5 heteroatoms. The van der Waals surface area contributed by atoms with Crippen LogP contribution in [0.2, 0.25) is 0 Å². The van der Waals surface area contributed by atoms with Crippen LogP contribution in [0, 0.1) is 0 Å². The van der Waals surface area contributed by atoms with Crippen LogP contribution in [0.15, 0.2) is 9.98 Å². The monoisotopic (exact) mass is 239 g/mol. The molecule has 0 bridgehead atoms. The van der Waals surface area contributed by atoms with E-state index in [0.717, 1.165) is 0 Å². The van der Waals surface area contributed by atoms with E-state index in [1.165, 1.54) is 0 Å². The number of hydrogen-bond donors (Lipinski definition) is 1. The van der Waals surface area contributed by atoms with Gasteiger partial charge in [0.1, 0.15) is 4.62 Å². The van der Waals surface area contributed by atoms with Crippen LogP contribution in [-0.2, 0) is 0 Å². The van der Waals surface area contributed by atoms with E-state index in [0.29, 0.717) is 10.5 Å². The molecule has 0 fully saturated rings. The molecule has 0 aromatic heterocycles. The summed E-state index contributed by atoms with van der Waals surface area (Å²) < 4.78 is 0.624. The summed E-state index contributed by atoms with van der Waals surface area (Å²) in [6.07, 6.45) is 0. The molecule has 0 spiro atoms. The second kappa shape index (κ2) is 2.14. The molecule has 0 saturated carbocycles. The molecule has 0 radical (unpaired) electrons. The Labute approximate surface area is 63.3 Å². The van der Waals surface area contributed by atoms with E-state index in [-0.39, 0.29) is 5.08 Å². The van der Waals surface area contributed by atoms with Gasteiger partial charge in [-0.25, -0.2) is 9.98 Å². The van der Waals surface area contributed by atoms with Gasteiger partial charge in [-0.3, -0.25) is 0 Å². The first-order valence-electron chi connectivity index (χ1n) is 1.91. The lowest BCUT2D eigenvalue weighted by molar-refractivity contribution is 1.04. The minimum absolute atomic E-state index is 0.183. The van der Waals surface area contributed by atoms with E-state index < -0.39 is 0 Å². The molecular formula is C3H3Br2N3. The van der Waals surface area contributed by atoms with E-state index >= 15 is 0 Å². The molecule has 1 atom stereocenters. The second-order valence-electron chi connectivity index (χ2n) is 1.24. The van der Waals surface area contributed by atoms with Crippen LogP contribution in [-0.4, -0.2) is 15.5 Å². The number of amidine groups is 1. The van der Waals surface area contributed by atoms with Crippen molar-refractivity contribution in [2.24, 2.45) is 15.7 Å². The number of nitrogens with two attached hydrogens (primary N) is 1. The Morgan fingerprint density at radius 1 is 1.50 bits per heavy atom. The minimum Gasteiger partial charge on any atom is -0.382 e. The van der Waals surface area contributed by atoms with Gasteiger partial charge in [-0.05, 0) is 31.9 Å². The summed E-state index contributed by atoms with van der Waals surface area (Å²) in [6, 6.07) is 0. The molecule has 8 heavy (non-hydrogen) atoms. The average molecular weight is 241 g/mol. The van der Waals surface area contributed by atoms with Crippen molar-refractivity contribution in [2.75, 3.05) is 0 Å². The van der Waals surface area contributed by atoms with Crippen LogP contribution in [0.1, 0.15) is 0 Å². The molecule has 44 valence electrons. The fourth-order valence-electron chi connectivity index (χ4n) is 0.357. The van der Waals surface area contributed by atoms with Gasteiger partial charge in [0.15, 0.2) is 10.9 Å². The predicted molar refractivity (Wildman–Crippen MR) is 40.7 cm³/mol. The van der Waals surface area contributed by atoms with E-state index in [1.807, 2.05) is 0 Å². The highest BCUT2D eigenvalue weighted by Crippen LogP contribution is 2.11. The quantitative estimate of drug-likeness (QED) is 0.495. The standard InChI is InChI=1S/C3H3Br2N3/c4-1-2(6)8-3(5)7-1/h3H,(H2,6,8)/t3-/m0/s1. The van der Waals surface area contributed by atoms with Gasteiger partial charge in [-0.15, -0.1) is 0 Å². The maximum Gasteiger partial charge on any atom is 0.198 e. The SMILES string of the molecule is NC1=N[C@@H](Br)N=C1Br. The van der Waals surface area contributed by atoms with E-state index in [9.17, 15) is 0 Å². The van der Waals surface area contributed by atoms with Crippen molar-refractivity contribution in [2.45, 2.75) is 5.08 Å². The van der Waals surface area contributed by atoms with Crippen LogP contribution in [0.5, 0.6) is 0 Å². The van der Waals surface area contributed by atoms with Crippen LogP contribution in [0.4, 0.5) is 0 Å². The maximum absolute atomic E-state index is 5.31. The zero-order chi connectivity index (χ0) is 6.15. The molecule has 0 aromatic rings. The molecule has 1 aliphatic rings. The van der Waals surface area contributed by atoms with Crippen molar-refractivity contribution >= 4 is 42.3 Å². The van der Waals surface area contributed by atoms with Crippen LogP contribution in [0.25, 0.3) is 0 Å². The van der Waals surface area contributed by atoms with Crippen molar-refractivity contribution in [1.82, 2.24) is 0 Å². The Kier molecular flexibility index (Phi) is 1.67. The average Bonchev–Trinajstić information content (AvgIpc) is 1.85. The molecular weight excluding hydrogens is 238 g/mol. The largest absolute Gasteiger partial charge is 0.382 e. The third kappa shape index (κ3) is 1.08. The number of aliphatic imine (C=N–C) groups is 2. The molecule has 1 rings (SSSR count). The molecule has 2 N–H and O–H groups in total. The fraction of sp³-hybridized carbons (Fsp3) is 0.333. The summed E-state index contributed by atoms with van der Waals surface area (Å²) in [7, 11) is 0. The summed E-state index contributed by atoms with van der Waals surface area (Å²) in [6.45, 7) is 0. The highest BCUT2D eigenvalue weighted by atomic mass is 79.9. The Hall–Kier alpha value is 0.1000. The van der Waals surface area contributed by atoms with Crippen molar-refractivity contribution in [3.63, 3.8) is 0 Å². The number of nitrogens with zero attached hydrogens (tertiary/aromatic N) is 2. The smallest absolute Gasteiger partial charge is 0.198 e. The minimum atomic E-state index is -0.183. The van der Waals surface area contributed by atoms with E-state index in [2.05, 4.69) is 41.8 Å². The van der Waals surface area contributed by atoms with Gasteiger partial charge in [0, 0.05) is 0 Å². The van der Waals surface area contributed by atoms with Crippen molar-refractivity contribution in [3.05, 3.63) is 0 Å². The van der Waals surface area contributed by atoms with E-state index in [4.69, 9.17) is 5.73 Å². The third-order valence-electron chi connectivity index (χ3n) is 0.677. The highest BCUT2D eigenvalue weighted by molar-refractivity contribution is 9.19. The molecule has 0 aromatic carbocycles. The van der Waals surface area contributed by atoms with Crippen LogP contribution < -0.4 is 5.73 Å². The first kappa shape index (κ1) is 6.22. The van der Waals surface area contributed by atoms with E-state index in [1.54, 1.807) is 0 Å². The fourth-order valence-corrected chi connectivity index (χ4v) is 1.35.